The Labute approximate surface area is 151 Å². The lowest BCUT2D eigenvalue weighted by Gasteiger charge is -2.28. The summed E-state index contributed by atoms with van der Waals surface area (Å²) < 4.78 is 68.2. The van der Waals surface area contributed by atoms with Gasteiger partial charge in [-0.2, -0.15) is 0 Å². The Balaban J connectivity index is 2.01. The number of nitrogens with one attached hydrogen (secondary N) is 2. The molecular formula is C18H14F5N3O. The number of amides is 1. The van der Waals surface area contributed by atoms with Crippen LogP contribution in [0, 0.1) is 17.5 Å². The topological polar surface area (TPSA) is 44.4 Å². The monoisotopic (exact) mass is 383 g/mol. The van der Waals surface area contributed by atoms with Crippen LogP contribution in [0.25, 0.3) is 11.1 Å². The molecule has 2 N–H and O–H groups in total. The van der Waals surface area contributed by atoms with Gasteiger partial charge in [-0.1, -0.05) is 18.2 Å². The predicted molar refractivity (Wildman–Crippen MR) is 89.2 cm³/mol. The van der Waals surface area contributed by atoms with Crippen molar-refractivity contribution in [2.45, 2.75) is 12.0 Å². The number of anilines is 1. The number of carbonyl (C=O) groups is 1. The Morgan fingerprint density at radius 3 is 2.44 bits per heavy atom. The lowest BCUT2D eigenvalue weighted by Crippen LogP contribution is -2.58. The summed E-state index contributed by atoms with van der Waals surface area (Å²) in [6, 6.07) is 6.52. The van der Waals surface area contributed by atoms with Crippen LogP contribution in [-0.4, -0.2) is 29.9 Å². The summed E-state index contributed by atoms with van der Waals surface area (Å²) in [6.45, 7) is 0. The average molecular weight is 383 g/mol. The molecular weight excluding hydrogens is 369 g/mol. The van der Waals surface area contributed by atoms with Crippen molar-refractivity contribution in [2.75, 3.05) is 12.4 Å². The van der Waals surface area contributed by atoms with Crippen molar-refractivity contribution in [3.63, 3.8) is 0 Å². The molecule has 9 heteroatoms. The van der Waals surface area contributed by atoms with Crippen LogP contribution in [0.15, 0.2) is 48.7 Å². The molecule has 3 rings (SSSR count). The summed E-state index contributed by atoms with van der Waals surface area (Å²) in [5.74, 6) is -4.38. The van der Waals surface area contributed by atoms with Crippen molar-refractivity contribution < 1.29 is 26.7 Å². The number of alkyl halides is 2. The zero-order valence-corrected chi connectivity index (χ0v) is 13.9. The van der Waals surface area contributed by atoms with Gasteiger partial charge in [0.1, 0.15) is 5.82 Å². The number of benzene rings is 2. The third kappa shape index (κ3) is 3.37. The number of hydrazine groups is 1. The number of hydrogen-bond donors (Lipinski definition) is 2. The molecule has 0 spiro atoms. The first kappa shape index (κ1) is 18.8. The highest BCUT2D eigenvalue weighted by atomic mass is 19.3. The molecule has 1 aliphatic heterocycles. The van der Waals surface area contributed by atoms with Crippen molar-refractivity contribution in [3.8, 4) is 11.1 Å². The van der Waals surface area contributed by atoms with Crippen LogP contribution in [0.4, 0.5) is 27.6 Å². The second-order valence-electron chi connectivity index (χ2n) is 5.95. The molecule has 1 heterocycles. The van der Waals surface area contributed by atoms with Crippen LogP contribution in [0.1, 0.15) is 0 Å². The second-order valence-corrected chi connectivity index (χ2v) is 5.95. The maximum Gasteiger partial charge on any atom is 0.270 e. The molecule has 27 heavy (non-hydrogen) atoms. The molecule has 0 saturated heterocycles. The number of carbonyl (C=O) groups excluding carboxylic acids is 1. The minimum Gasteiger partial charge on any atom is -0.321 e. The van der Waals surface area contributed by atoms with Crippen molar-refractivity contribution in [2.24, 2.45) is 0 Å². The van der Waals surface area contributed by atoms with Gasteiger partial charge in [-0.25, -0.2) is 27.4 Å². The van der Waals surface area contributed by atoms with Crippen molar-refractivity contribution in [1.29, 1.82) is 0 Å². The van der Waals surface area contributed by atoms with E-state index in [1.165, 1.54) is 36.5 Å². The van der Waals surface area contributed by atoms with E-state index in [0.717, 1.165) is 24.3 Å². The standard InChI is InChI=1S/C18H14F5N3O/c1-26-8-7-18(25-26,16(22)23)17(27)24-15-11(3-2-4-13(15)20)10-5-6-12(19)14(21)9-10/h2-9,16,25H,1H3,(H,24,27). The number of nitrogens with zero attached hydrogens (tertiary/aromatic N) is 1. The van der Waals surface area contributed by atoms with Gasteiger partial charge in [-0.3, -0.25) is 4.79 Å². The molecule has 0 fully saturated rings. The first-order valence-electron chi connectivity index (χ1n) is 7.78. The van der Waals surface area contributed by atoms with E-state index in [2.05, 4.69) is 10.7 Å². The summed E-state index contributed by atoms with van der Waals surface area (Å²) >= 11 is 0. The fourth-order valence-electron chi connectivity index (χ4n) is 2.72. The van der Waals surface area contributed by atoms with Gasteiger partial charge in [0.05, 0.1) is 5.69 Å². The highest BCUT2D eigenvalue weighted by Gasteiger charge is 2.49. The summed E-state index contributed by atoms with van der Waals surface area (Å²) in [7, 11) is 1.42. The maximum atomic E-state index is 14.3. The highest BCUT2D eigenvalue weighted by Crippen LogP contribution is 2.33. The molecule has 2 aromatic rings. The predicted octanol–water partition coefficient (Wildman–Crippen LogP) is 3.68. The molecule has 0 aromatic heterocycles. The Hall–Kier alpha value is -2.94. The number of para-hydroxylation sites is 1. The van der Waals surface area contributed by atoms with Crippen molar-refractivity contribution in [3.05, 3.63) is 66.1 Å². The van der Waals surface area contributed by atoms with Crippen LogP contribution < -0.4 is 10.7 Å². The first-order chi connectivity index (χ1) is 12.7. The summed E-state index contributed by atoms with van der Waals surface area (Å²) in [5.41, 5.74) is -0.408. The van der Waals surface area contributed by atoms with Crippen LogP contribution in [0.3, 0.4) is 0 Å². The molecule has 1 atom stereocenters. The van der Waals surface area contributed by atoms with E-state index in [-0.39, 0.29) is 11.1 Å². The number of hydrogen-bond acceptors (Lipinski definition) is 3. The van der Waals surface area contributed by atoms with Gasteiger partial charge < -0.3 is 10.3 Å². The molecule has 1 amide bonds. The van der Waals surface area contributed by atoms with E-state index < -0.39 is 41.0 Å². The first-order valence-corrected chi connectivity index (χ1v) is 7.78. The van der Waals surface area contributed by atoms with Gasteiger partial charge in [-0.05, 0) is 29.8 Å². The minimum atomic E-state index is -3.13. The third-order valence-corrected chi connectivity index (χ3v) is 4.13. The Morgan fingerprint density at radius 2 is 1.85 bits per heavy atom. The quantitative estimate of drug-likeness (QED) is 0.792. The Morgan fingerprint density at radius 1 is 1.11 bits per heavy atom. The number of halogens is 5. The average Bonchev–Trinajstić information content (AvgIpc) is 3.02. The molecule has 0 aliphatic carbocycles. The van der Waals surface area contributed by atoms with Gasteiger partial charge in [0, 0.05) is 18.8 Å². The summed E-state index contributed by atoms with van der Waals surface area (Å²) in [4.78, 5) is 12.5. The van der Waals surface area contributed by atoms with E-state index in [0.29, 0.717) is 0 Å². The van der Waals surface area contributed by atoms with Crippen molar-refractivity contribution >= 4 is 11.6 Å². The van der Waals surface area contributed by atoms with Gasteiger partial charge in [0.2, 0.25) is 0 Å². The van der Waals surface area contributed by atoms with E-state index >= 15 is 0 Å². The Bertz CT molecular complexity index is 918. The summed E-state index contributed by atoms with van der Waals surface area (Å²) in [6.07, 6.45) is -0.925. The van der Waals surface area contributed by atoms with Crippen LogP contribution in [0.5, 0.6) is 0 Å². The maximum absolute atomic E-state index is 14.3. The van der Waals surface area contributed by atoms with Crippen LogP contribution in [0.2, 0.25) is 0 Å². The normalized spacial score (nSPS) is 19.0. The van der Waals surface area contributed by atoms with E-state index in [9.17, 15) is 26.7 Å². The van der Waals surface area contributed by atoms with Gasteiger partial charge in [-0.15, -0.1) is 0 Å². The summed E-state index contributed by atoms with van der Waals surface area (Å²) in [5, 5.41) is 3.32. The zero-order chi connectivity index (χ0) is 19.8. The minimum absolute atomic E-state index is 0.0157. The zero-order valence-electron chi connectivity index (χ0n) is 13.9. The van der Waals surface area contributed by atoms with Gasteiger partial charge in [0.15, 0.2) is 17.2 Å². The fourth-order valence-corrected chi connectivity index (χ4v) is 2.72. The van der Waals surface area contributed by atoms with Crippen LogP contribution >= 0.6 is 0 Å². The molecule has 1 unspecified atom stereocenters. The van der Waals surface area contributed by atoms with E-state index in [4.69, 9.17) is 0 Å². The molecule has 0 bridgehead atoms. The van der Waals surface area contributed by atoms with E-state index in [1.54, 1.807) is 0 Å². The molecule has 2 aromatic carbocycles. The Kier molecular flexibility index (Phi) is 4.88. The smallest absolute Gasteiger partial charge is 0.270 e. The fraction of sp³-hybridized carbons (Fsp3) is 0.167. The highest BCUT2D eigenvalue weighted by molar-refractivity contribution is 6.03. The third-order valence-electron chi connectivity index (χ3n) is 4.13. The molecule has 1 aliphatic rings. The lowest BCUT2D eigenvalue weighted by atomic mass is 9.99. The molecule has 0 radical (unpaired) electrons. The molecule has 4 nitrogen and oxygen atoms in total. The molecule has 0 saturated carbocycles. The van der Waals surface area contributed by atoms with Gasteiger partial charge >= 0.3 is 0 Å². The van der Waals surface area contributed by atoms with Crippen LogP contribution in [-0.2, 0) is 4.79 Å². The largest absolute Gasteiger partial charge is 0.321 e. The van der Waals surface area contributed by atoms with Crippen molar-refractivity contribution in [1.82, 2.24) is 10.4 Å². The second kappa shape index (κ2) is 6.99. The lowest BCUT2D eigenvalue weighted by molar-refractivity contribution is -0.127. The van der Waals surface area contributed by atoms with Gasteiger partial charge in [0.25, 0.3) is 12.3 Å². The SMILES string of the molecule is CN1C=CC(C(=O)Nc2c(F)cccc2-c2ccc(F)c(F)c2)(C(F)F)N1. The molecule has 142 valence electrons. The number of rotatable bonds is 4. The van der Waals surface area contributed by atoms with E-state index in [1.807, 2.05) is 0 Å².